The Morgan fingerprint density at radius 3 is 2.92 bits per heavy atom. The molecule has 2 N–H and O–H groups in total. The van der Waals surface area contributed by atoms with Crippen LogP contribution in [0.4, 0.5) is 0 Å². The first kappa shape index (κ1) is 17.9. The van der Waals surface area contributed by atoms with Crippen LogP contribution in [0, 0.1) is 0 Å². The van der Waals surface area contributed by atoms with E-state index < -0.39 is 0 Å². The summed E-state index contributed by atoms with van der Waals surface area (Å²) in [6, 6.07) is 6.24. The second-order valence-corrected chi connectivity index (χ2v) is 6.43. The molecule has 0 amide bonds. The number of fused-ring (bicyclic) bond motifs is 1. The Labute approximate surface area is 148 Å². The summed E-state index contributed by atoms with van der Waals surface area (Å²) in [6.45, 7) is 7.10. The molecule has 6 heteroatoms. The summed E-state index contributed by atoms with van der Waals surface area (Å²) in [5, 5.41) is 3.27. The van der Waals surface area contributed by atoms with E-state index in [9.17, 15) is 4.79 Å². The maximum atomic E-state index is 11.4. The van der Waals surface area contributed by atoms with Gasteiger partial charge in [-0.2, -0.15) is 0 Å². The topological polar surface area (TPSA) is 66.6 Å². The molecule has 2 heterocycles. The number of carbonyl (C=O) groups is 1. The minimum atomic E-state index is -0.295. The van der Waals surface area contributed by atoms with E-state index in [1.54, 1.807) is 0 Å². The molecule has 6 nitrogen and oxygen atoms in total. The van der Waals surface area contributed by atoms with Crippen molar-refractivity contribution in [1.82, 2.24) is 15.4 Å². The van der Waals surface area contributed by atoms with E-state index >= 15 is 0 Å². The molecule has 0 atom stereocenters. The molecule has 25 heavy (non-hydrogen) atoms. The number of nitrogens with one attached hydrogen (secondary N) is 2. The zero-order valence-electron chi connectivity index (χ0n) is 15.0. The third-order valence-electron chi connectivity index (χ3n) is 4.62. The zero-order valence-corrected chi connectivity index (χ0v) is 15.0. The first-order chi connectivity index (χ1) is 12.2. The van der Waals surface area contributed by atoms with Gasteiger partial charge in [-0.25, -0.2) is 5.01 Å². The van der Waals surface area contributed by atoms with Gasteiger partial charge in [0.05, 0.1) is 0 Å². The summed E-state index contributed by atoms with van der Waals surface area (Å²) in [4.78, 5) is 14.6. The Hall–Kier alpha value is -1.89. The Kier molecular flexibility index (Phi) is 6.07. The molecule has 0 unspecified atom stereocenters. The van der Waals surface area contributed by atoms with Crippen molar-refractivity contribution >= 4 is 16.9 Å². The SMILES string of the molecule is CCN(CCc1c[nH]c2cccc(OC(C)=O)c12)NC1CCOCC1. The number of likely N-dealkylation sites (N-methyl/N-ethyl adjacent to an activating group) is 1. The van der Waals surface area contributed by atoms with Gasteiger partial charge in [0.1, 0.15) is 5.75 Å². The predicted molar refractivity (Wildman–Crippen MR) is 97.5 cm³/mol. The molecule has 1 aromatic heterocycles. The van der Waals surface area contributed by atoms with Crippen LogP contribution < -0.4 is 10.2 Å². The zero-order chi connectivity index (χ0) is 17.6. The van der Waals surface area contributed by atoms with E-state index in [4.69, 9.17) is 9.47 Å². The molecule has 136 valence electrons. The molecule has 1 fully saturated rings. The fraction of sp³-hybridized carbons (Fsp3) is 0.526. The van der Waals surface area contributed by atoms with Crippen LogP contribution in [0.15, 0.2) is 24.4 Å². The summed E-state index contributed by atoms with van der Waals surface area (Å²) in [7, 11) is 0. The number of aromatic nitrogens is 1. The van der Waals surface area contributed by atoms with Gasteiger partial charge < -0.3 is 14.5 Å². The lowest BCUT2D eigenvalue weighted by Crippen LogP contribution is -2.47. The van der Waals surface area contributed by atoms with Crippen molar-refractivity contribution in [1.29, 1.82) is 0 Å². The molecular formula is C19H27N3O3. The maximum Gasteiger partial charge on any atom is 0.308 e. The smallest absolute Gasteiger partial charge is 0.308 e. The molecule has 1 aliphatic rings. The molecule has 0 spiro atoms. The number of hydrazine groups is 1. The highest BCUT2D eigenvalue weighted by molar-refractivity contribution is 5.91. The average molecular weight is 345 g/mol. The van der Waals surface area contributed by atoms with Gasteiger partial charge in [0.15, 0.2) is 0 Å². The normalized spacial score (nSPS) is 15.8. The number of H-pyrrole nitrogens is 1. The van der Waals surface area contributed by atoms with Gasteiger partial charge in [-0.05, 0) is 37.0 Å². The number of hydrogen-bond donors (Lipinski definition) is 2. The molecule has 0 saturated carbocycles. The minimum absolute atomic E-state index is 0.295. The minimum Gasteiger partial charge on any atom is -0.426 e. The van der Waals surface area contributed by atoms with Crippen LogP contribution in [0.1, 0.15) is 32.3 Å². The quantitative estimate of drug-likeness (QED) is 0.459. The number of rotatable bonds is 7. The molecule has 1 aromatic carbocycles. The van der Waals surface area contributed by atoms with Gasteiger partial charge in [0.2, 0.25) is 0 Å². The summed E-state index contributed by atoms with van der Waals surface area (Å²) < 4.78 is 10.8. The van der Waals surface area contributed by atoms with Crippen molar-refractivity contribution in [2.75, 3.05) is 26.3 Å². The number of nitrogens with zero attached hydrogens (tertiary/aromatic N) is 1. The second-order valence-electron chi connectivity index (χ2n) is 6.43. The van der Waals surface area contributed by atoms with Crippen molar-refractivity contribution in [3.8, 4) is 5.75 Å². The summed E-state index contributed by atoms with van der Waals surface area (Å²) in [5.41, 5.74) is 5.78. The second kappa shape index (κ2) is 8.47. The van der Waals surface area contributed by atoms with E-state index in [-0.39, 0.29) is 5.97 Å². The average Bonchev–Trinajstić information content (AvgIpc) is 3.03. The van der Waals surface area contributed by atoms with E-state index in [0.717, 1.165) is 56.5 Å². The number of aromatic amines is 1. The van der Waals surface area contributed by atoms with Crippen molar-refractivity contribution in [3.05, 3.63) is 30.0 Å². The van der Waals surface area contributed by atoms with Crippen LogP contribution in [0.25, 0.3) is 10.9 Å². The highest BCUT2D eigenvalue weighted by atomic mass is 16.5. The van der Waals surface area contributed by atoms with Crippen LogP contribution >= 0.6 is 0 Å². The van der Waals surface area contributed by atoms with Crippen LogP contribution in [0.2, 0.25) is 0 Å². The van der Waals surface area contributed by atoms with Gasteiger partial charge in [0, 0.05) is 56.4 Å². The summed E-state index contributed by atoms with van der Waals surface area (Å²) in [5.74, 6) is 0.331. The lowest BCUT2D eigenvalue weighted by atomic mass is 10.1. The standard InChI is InChI=1S/C19H27N3O3/c1-3-22(21-16-8-11-24-12-9-16)10-7-15-13-20-17-5-4-6-18(19(15)17)25-14(2)23/h4-6,13,16,20-21H,3,7-12H2,1-2H3. The summed E-state index contributed by atoms with van der Waals surface area (Å²) >= 11 is 0. The van der Waals surface area contributed by atoms with E-state index in [0.29, 0.717) is 11.8 Å². The number of carbonyl (C=O) groups excluding carboxylic acids is 1. The third kappa shape index (κ3) is 4.60. The van der Waals surface area contributed by atoms with E-state index in [1.807, 2.05) is 24.4 Å². The van der Waals surface area contributed by atoms with Crippen molar-refractivity contribution < 1.29 is 14.3 Å². The number of benzene rings is 1. The number of hydrogen-bond acceptors (Lipinski definition) is 5. The molecule has 3 rings (SSSR count). The Morgan fingerprint density at radius 2 is 2.20 bits per heavy atom. The summed E-state index contributed by atoms with van der Waals surface area (Å²) in [6.07, 6.45) is 5.00. The lowest BCUT2D eigenvalue weighted by molar-refractivity contribution is -0.131. The predicted octanol–water partition coefficient (Wildman–Crippen LogP) is 2.64. The molecule has 0 bridgehead atoms. The highest BCUT2D eigenvalue weighted by Gasteiger charge is 2.17. The molecule has 1 aliphatic heterocycles. The van der Waals surface area contributed by atoms with E-state index in [2.05, 4.69) is 22.3 Å². The van der Waals surface area contributed by atoms with Gasteiger partial charge in [-0.1, -0.05) is 13.0 Å². The number of ether oxygens (including phenoxy) is 2. The molecule has 2 aromatic rings. The van der Waals surface area contributed by atoms with Crippen LogP contribution in [0.3, 0.4) is 0 Å². The largest absolute Gasteiger partial charge is 0.426 e. The van der Waals surface area contributed by atoms with Crippen LogP contribution in [-0.4, -0.2) is 48.3 Å². The van der Waals surface area contributed by atoms with Gasteiger partial charge in [0.25, 0.3) is 0 Å². The first-order valence-corrected chi connectivity index (χ1v) is 9.03. The first-order valence-electron chi connectivity index (χ1n) is 9.03. The van der Waals surface area contributed by atoms with E-state index in [1.165, 1.54) is 12.5 Å². The fourth-order valence-corrected chi connectivity index (χ4v) is 3.31. The van der Waals surface area contributed by atoms with Crippen molar-refractivity contribution in [3.63, 3.8) is 0 Å². The van der Waals surface area contributed by atoms with Gasteiger partial charge in [-0.15, -0.1) is 0 Å². The Balaban J connectivity index is 1.68. The van der Waals surface area contributed by atoms with Gasteiger partial charge >= 0.3 is 5.97 Å². The van der Waals surface area contributed by atoms with Crippen molar-refractivity contribution in [2.24, 2.45) is 0 Å². The molecule has 0 radical (unpaired) electrons. The van der Waals surface area contributed by atoms with Crippen LogP contribution in [0.5, 0.6) is 5.75 Å². The lowest BCUT2D eigenvalue weighted by Gasteiger charge is -2.30. The molecule has 1 saturated heterocycles. The molecular weight excluding hydrogens is 318 g/mol. The third-order valence-corrected chi connectivity index (χ3v) is 4.62. The van der Waals surface area contributed by atoms with Gasteiger partial charge in [-0.3, -0.25) is 10.2 Å². The fourth-order valence-electron chi connectivity index (χ4n) is 3.31. The Morgan fingerprint density at radius 1 is 1.40 bits per heavy atom. The molecule has 0 aliphatic carbocycles. The monoisotopic (exact) mass is 345 g/mol. The van der Waals surface area contributed by atoms with Crippen molar-refractivity contribution in [2.45, 2.75) is 39.2 Å². The highest BCUT2D eigenvalue weighted by Crippen LogP contribution is 2.29. The number of esters is 1. The maximum absolute atomic E-state index is 11.4. The van der Waals surface area contributed by atoms with Crippen LogP contribution in [-0.2, 0) is 16.0 Å². The Bertz CT molecular complexity index is 707.